The molecule has 0 aromatic carbocycles. The molecule has 0 unspecified atom stereocenters. The van der Waals surface area contributed by atoms with Gasteiger partial charge in [-0.05, 0) is 30.4 Å². The van der Waals surface area contributed by atoms with E-state index in [1.54, 1.807) is 12.4 Å². The lowest BCUT2D eigenvalue weighted by Gasteiger charge is -1.91. The summed E-state index contributed by atoms with van der Waals surface area (Å²) in [4.78, 5) is 12.1. The van der Waals surface area contributed by atoms with Crippen LogP contribution in [0.3, 0.4) is 0 Å². The first kappa shape index (κ1) is 8.56. The molecule has 0 atom stereocenters. The SMILES string of the molecule is C(=C\c1ccncn1)/c1ccccn1. The van der Waals surface area contributed by atoms with Gasteiger partial charge in [-0.15, -0.1) is 0 Å². The van der Waals surface area contributed by atoms with E-state index < -0.39 is 0 Å². The Morgan fingerprint density at radius 1 is 0.857 bits per heavy atom. The summed E-state index contributed by atoms with van der Waals surface area (Å²) >= 11 is 0. The van der Waals surface area contributed by atoms with E-state index in [9.17, 15) is 0 Å². The second kappa shape index (κ2) is 4.28. The van der Waals surface area contributed by atoms with E-state index in [0.717, 1.165) is 11.4 Å². The second-order valence-electron chi connectivity index (χ2n) is 2.72. The number of hydrogen-bond acceptors (Lipinski definition) is 3. The molecule has 0 saturated carbocycles. The predicted octanol–water partition coefficient (Wildman–Crippen LogP) is 2.04. The van der Waals surface area contributed by atoms with Crippen molar-refractivity contribution in [2.45, 2.75) is 0 Å². The van der Waals surface area contributed by atoms with E-state index in [0.29, 0.717) is 0 Å². The Labute approximate surface area is 82.2 Å². The highest BCUT2D eigenvalue weighted by Crippen LogP contribution is 2.01. The molecule has 3 nitrogen and oxygen atoms in total. The molecule has 3 heteroatoms. The molecule has 0 aliphatic carbocycles. The minimum atomic E-state index is 0.880. The van der Waals surface area contributed by atoms with Crippen molar-refractivity contribution in [2.24, 2.45) is 0 Å². The van der Waals surface area contributed by atoms with Crippen LogP contribution in [0.15, 0.2) is 43.0 Å². The molecule has 14 heavy (non-hydrogen) atoms. The van der Waals surface area contributed by atoms with Crippen LogP contribution in [0.5, 0.6) is 0 Å². The van der Waals surface area contributed by atoms with Gasteiger partial charge in [0.25, 0.3) is 0 Å². The molecule has 0 spiro atoms. The number of nitrogens with zero attached hydrogens (tertiary/aromatic N) is 3. The number of hydrogen-bond donors (Lipinski definition) is 0. The summed E-state index contributed by atoms with van der Waals surface area (Å²) in [5.74, 6) is 0. The summed E-state index contributed by atoms with van der Waals surface area (Å²) in [5, 5.41) is 0. The number of rotatable bonds is 2. The van der Waals surface area contributed by atoms with E-state index in [2.05, 4.69) is 15.0 Å². The lowest BCUT2D eigenvalue weighted by molar-refractivity contribution is 1.15. The van der Waals surface area contributed by atoms with Gasteiger partial charge in [-0.2, -0.15) is 0 Å². The lowest BCUT2D eigenvalue weighted by Crippen LogP contribution is -1.81. The van der Waals surface area contributed by atoms with Gasteiger partial charge in [0, 0.05) is 12.4 Å². The predicted molar refractivity (Wildman–Crippen MR) is 55.2 cm³/mol. The fourth-order valence-electron chi connectivity index (χ4n) is 1.04. The van der Waals surface area contributed by atoms with Crippen molar-refractivity contribution < 1.29 is 0 Å². The lowest BCUT2D eigenvalue weighted by atomic mass is 10.3. The van der Waals surface area contributed by atoms with Crippen LogP contribution in [0.4, 0.5) is 0 Å². The van der Waals surface area contributed by atoms with Gasteiger partial charge in [-0.1, -0.05) is 6.07 Å². The summed E-state index contributed by atoms with van der Waals surface area (Å²) in [6, 6.07) is 7.63. The smallest absolute Gasteiger partial charge is 0.115 e. The Bertz CT molecular complexity index is 368. The zero-order valence-corrected chi connectivity index (χ0v) is 7.54. The molecule has 2 aromatic heterocycles. The van der Waals surface area contributed by atoms with Crippen molar-refractivity contribution >= 4 is 12.2 Å². The summed E-state index contributed by atoms with van der Waals surface area (Å²) in [7, 11) is 0. The largest absolute Gasteiger partial charge is 0.257 e. The van der Waals surface area contributed by atoms with E-state index in [-0.39, 0.29) is 0 Å². The zero-order valence-electron chi connectivity index (χ0n) is 7.54. The van der Waals surface area contributed by atoms with Crippen molar-refractivity contribution in [1.82, 2.24) is 15.0 Å². The maximum atomic E-state index is 4.16. The van der Waals surface area contributed by atoms with Crippen LogP contribution in [0.1, 0.15) is 11.4 Å². The minimum absolute atomic E-state index is 0.880. The summed E-state index contributed by atoms with van der Waals surface area (Å²) in [6.45, 7) is 0. The molecule has 0 fully saturated rings. The van der Waals surface area contributed by atoms with Crippen LogP contribution >= 0.6 is 0 Å². The summed E-state index contributed by atoms with van der Waals surface area (Å²) in [5.41, 5.74) is 1.80. The summed E-state index contributed by atoms with van der Waals surface area (Å²) < 4.78 is 0. The molecule has 0 N–H and O–H groups in total. The minimum Gasteiger partial charge on any atom is -0.257 e. The van der Waals surface area contributed by atoms with Crippen molar-refractivity contribution in [3.63, 3.8) is 0 Å². The van der Waals surface area contributed by atoms with E-state index in [1.807, 2.05) is 36.4 Å². The Kier molecular flexibility index (Phi) is 2.62. The molecule has 0 radical (unpaired) electrons. The molecule has 2 aromatic rings. The van der Waals surface area contributed by atoms with Gasteiger partial charge in [0.1, 0.15) is 6.33 Å². The van der Waals surface area contributed by atoms with Crippen LogP contribution in [-0.2, 0) is 0 Å². The van der Waals surface area contributed by atoms with Crippen LogP contribution in [0, 0.1) is 0 Å². The quantitative estimate of drug-likeness (QED) is 0.715. The third-order valence-electron chi connectivity index (χ3n) is 1.72. The third-order valence-corrected chi connectivity index (χ3v) is 1.72. The van der Waals surface area contributed by atoms with Gasteiger partial charge in [-0.3, -0.25) is 4.98 Å². The van der Waals surface area contributed by atoms with Crippen molar-refractivity contribution in [3.05, 3.63) is 54.4 Å². The fraction of sp³-hybridized carbons (Fsp3) is 0. The highest BCUT2D eigenvalue weighted by molar-refractivity contribution is 5.65. The van der Waals surface area contributed by atoms with Gasteiger partial charge in [0.05, 0.1) is 11.4 Å². The van der Waals surface area contributed by atoms with Gasteiger partial charge in [-0.25, -0.2) is 9.97 Å². The van der Waals surface area contributed by atoms with E-state index in [1.165, 1.54) is 6.33 Å². The molecule has 0 bridgehead atoms. The molecule has 0 aliphatic rings. The molecule has 0 saturated heterocycles. The first-order valence-corrected chi connectivity index (χ1v) is 4.30. The van der Waals surface area contributed by atoms with Crippen molar-refractivity contribution in [3.8, 4) is 0 Å². The maximum absolute atomic E-state index is 4.16. The highest BCUT2D eigenvalue weighted by atomic mass is 14.8. The topological polar surface area (TPSA) is 38.7 Å². The average Bonchev–Trinajstić information content (AvgIpc) is 2.29. The monoisotopic (exact) mass is 183 g/mol. The fourth-order valence-corrected chi connectivity index (χ4v) is 1.04. The molecule has 2 rings (SSSR count). The van der Waals surface area contributed by atoms with Crippen LogP contribution in [0.2, 0.25) is 0 Å². The van der Waals surface area contributed by atoms with E-state index >= 15 is 0 Å². The van der Waals surface area contributed by atoms with Gasteiger partial charge >= 0.3 is 0 Å². The van der Waals surface area contributed by atoms with Gasteiger partial charge in [0.2, 0.25) is 0 Å². The zero-order chi connectivity index (χ0) is 9.64. The third kappa shape index (κ3) is 2.23. The van der Waals surface area contributed by atoms with Crippen LogP contribution in [-0.4, -0.2) is 15.0 Å². The van der Waals surface area contributed by atoms with Crippen LogP contribution in [0.25, 0.3) is 12.2 Å². The molecular weight excluding hydrogens is 174 g/mol. The normalized spacial score (nSPS) is 10.6. The number of aromatic nitrogens is 3. The van der Waals surface area contributed by atoms with Gasteiger partial charge < -0.3 is 0 Å². The molecular formula is C11H9N3. The Morgan fingerprint density at radius 3 is 2.36 bits per heavy atom. The molecule has 0 amide bonds. The number of pyridine rings is 1. The molecule has 0 aliphatic heterocycles. The standard InChI is InChI=1S/C11H9N3/c1-2-7-13-10(3-1)4-5-11-6-8-12-9-14-11/h1-9H/b5-4+. The van der Waals surface area contributed by atoms with Crippen LogP contribution < -0.4 is 0 Å². The van der Waals surface area contributed by atoms with Gasteiger partial charge in [0.15, 0.2) is 0 Å². The first-order valence-electron chi connectivity index (χ1n) is 4.30. The summed E-state index contributed by atoms with van der Waals surface area (Å²) in [6.07, 6.45) is 8.83. The maximum Gasteiger partial charge on any atom is 0.115 e. The second-order valence-corrected chi connectivity index (χ2v) is 2.72. The molecule has 68 valence electrons. The Hall–Kier alpha value is -2.03. The van der Waals surface area contributed by atoms with Crippen molar-refractivity contribution in [1.29, 1.82) is 0 Å². The van der Waals surface area contributed by atoms with E-state index in [4.69, 9.17) is 0 Å². The average molecular weight is 183 g/mol. The first-order chi connectivity index (χ1) is 6.95. The Balaban J connectivity index is 2.16. The van der Waals surface area contributed by atoms with Crippen molar-refractivity contribution in [2.75, 3.05) is 0 Å². The molecule has 2 heterocycles. The highest BCUT2D eigenvalue weighted by Gasteiger charge is 1.86. The Morgan fingerprint density at radius 2 is 1.71 bits per heavy atom.